The van der Waals surface area contributed by atoms with Crippen molar-refractivity contribution in [1.82, 2.24) is 9.80 Å². The molecule has 1 aromatic carbocycles. The van der Waals surface area contributed by atoms with Crippen molar-refractivity contribution in [1.29, 1.82) is 0 Å². The highest BCUT2D eigenvalue weighted by Gasteiger charge is 2.21. The van der Waals surface area contributed by atoms with Gasteiger partial charge in [0.2, 0.25) is 0 Å². The van der Waals surface area contributed by atoms with E-state index in [4.69, 9.17) is 0 Å². The van der Waals surface area contributed by atoms with Gasteiger partial charge in [-0.2, -0.15) is 0 Å². The van der Waals surface area contributed by atoms with E-state index in [1.165, 1.54) is 44.1 Å². The number of nitrogens with zero attached hydrogens (tertiary/aromatic N) is 2. The first-order valence-corrected chi connectivity index (χ1v) is 9.39. The standard InChI is InChI=1S/C21H33FN2/c1-4-23(13-10-18(2)3)16-20-8-6-12-24(17-20)14-11-19-7-5-9-21(22)15-19/h5,7,9-10,15,20H,4,6,8,11-14,16-17H2,1-3H3. The first-order valence-electron chi connectivity index (χ1n) is 9.39. The molecule has 24 heavy (non-hydrogen) atoms. The lowest BCUT2D eigenvalue weighted by atomic mass is 9.97. The van der Waals surface area contributed by atoms with Crippen LogP contribution in [0.3, 0.4) is 0 Å². The fourth-order valence-corrected chi connectivity index (χ4v) is 3.49. The summed E-state index contributed by atoms with van der Waals surface area (Å²) in [7, 11) is 0. The van der Waals surface area contributed by atoms with Gasteiger partial charge in [-0.25, -0.2) is 4.39 Å². The molecule has 2 nitrogen and oxygen atoms in total. The third-order valence-corrected chi connectivity index (χ3v) is 4.93. The lowest BCUT2D eigenvalue weighted by Gasteiger charge is -2.35. The second-order valence-corrected chi connectivity index (χ2v) is 7.32. The molecule has 0 spiro atoms. The molecule has 0 amide bonds. The van der Waals surface area contributed by atoms with Gasteiger partial charge < -0.3 is 4.90 Å². The molecule has 0 radical (unpaired) electrons. The monoisotopic (exact) mass is 332 g/mol. The fraction of sp³-hybridized carbons (Fsp3) is 0.619. The van der Waals surface area contributed by atoms with Gasteiger partial charge in [-0.15, -0.1) is 0 Å². The second-order valence-electron chi connectivity index (χ2n) is 7.32. The van der Waals surface area contributed by atoms with Crippen molar-refractivity contribution >= 4 is 0 Å². The Kier molecular flexibility index (Phi) is 7.93. The first-order chi connectivity index (χ1) is 11.6. The zero-order valence-electron chi connectivity index (χ0n) is 15.6. The third-order valence-electron chi connectivity index (χ3n) is 4.93. The molecule has 134 valence electrons. The van der Waals surface area contributed by atoms with Crippen molar-refractivity contribution in [2.24, 2.45) is 5.92 Å². The minimum absolute atomic E-state index is 0.123. The summed E-state index contributed by atoms with van der Waals surface area (Å²) in [4.78, 5) is 5.11. The van der Waals surface area contributed by atoms with Crippen LogP contribution in [-0.2, 0) is 6.42 Å². The van der Waals surface area contributed by atoms with Gasteiger partial charge in [0.1, 0.15) is 5.82 Å². The van der Waals surface area contributed by atoms with Gasteiger partial charge in [0.05, 0.1) is 0 Å². The number of likely N-dealkylation sites (tertiary alicyclic amines) is 1. The van der Waals surface area contributed by atoms with Crippen molar-refractivity contribution < 1.29 is 4.39 Å². The van der Waals surface area contributed by atoms with Crippen LogP contribution >= 0.6 is 0 Å². The van der Waals surface area contributed by atoms with Crippen LogP contribution in [0.4, 0.5) is 4.39 Å². The largest absolute Gasteiger partial charge is 0.303 e. The van der Waals surface area contributed by atoms with Gasteiger partial charge >= 0.3 is 0 Å². The van der Waals surface area contributed by atoms with Crippen LogP contribution in [0.1, 0.15) is 39.2 Å². The quantitative estimate of drug-likeness (QED) is 0.652. The summed E-state index contributed by atoms with van der Waals surface area (Å²) < 4.78 is 13.3. The van der Waals surface area contributed by atoms with E-state index in [1.54, 1.807) is 6.07 Å². The molecule has 0 aromatic heterocycles. The molecule has 1 aliphatic heterocycles. The number of allylic oxidation sites excluding steroid dienone is 1. The molecule has 1 aliphatic rings. The van der Waals surface area contributed by atoms with Gasteiger partial charge in [-0.1, -0.05) is 30.7 Å². The third kappa shape index (κ3) is 6.74. The summed E-state index contributed by atoms with van der Waals surface area (Å²) in [6.07, 6.45) is 5.89. The molecule has 0 bridgehead atoms. The van der Waals surface area contributed by atoms with Crippen LogP contribution in [0, 0.1) is 11.7 Å². The molecule has 0 saturated carbocycles. The molecule has 2 rings (SSSR count). The van der Waals surface area contributed by atoms with Gasteiger partial charge in [0.25, 0.3) is 0 Å². The Balaban J connectivity index is 1.79. The van der Waals surface area contributed by atoms with Gasteiger partial charge in [0.15, 0.2) is 0 Å². The number of hydrogen-bond donors (Lipinski definition) is 0. The Morgan fingerprint density at radius 2 is 2.21 bits per heavy atom. The minimum atomic E-state index is -0.123. The summed E-state index contributed by atoms with van der Waals surface area (Å²) in [5.74, 6) is 0.638. The summed E-state index contributed by atoms with van der Waals surface area (Å²) in [6, 6.07) is 7.03. The zero-order chi connectivity index (χ0) is 17.4. The lowest BCUT2D eigenvalue weighted by molar-refractivity contribution is 0.141. The van der Waals surface area contributed by atoms with Gasteiger partial charge in [-0.05, 0) is 69.8 Å². The van der Waals surface area contributed by atoms with E-state index in [0.717, 1.165) is 37.5 Å². The van der Waals surface area contributed by atoms with Crippen molar-refractivity contribution in [3.05, 3.63) is 47.3 Å². The number of rotatable bonds is 8. The molecule has 3 heteroatoms. The highest BCUT2D eigenvalue weighted by atomic mass is 19.1. The molecule has 1 unspecified atom stereocenters. The Hall–Kier alpha value is -1.19. The predicted molar refractivity (Wildman–Crippen MR) is 101 cm³/mol. The first kappa shape index (κ1) is 19.1. The van der Waals surface area contributed by atoms with Crippen molar-refractivity contribution in [3.8, 4) is 0 Å². The lowest BCUT2D eigenvalue weighted by Crippen LogP contribution is -2.41. The molecule has 1 fully saturated rings. The number of likely N-dealkylation sites (N-methyl/N-ethyl adjacent to an activating group) is 1. The smallest absolute Gasteiger partial charge is 0.123 e. The summed E-state index contributed by atoms with van der Waals surface area (Å²) in [6.45, 7) is 13.4. The van der Waals surface area contributed by atoms with Crippen molar-refractivity contribution in [2.75, 3.05) is 39.3 Å². The number of hydrogen-bond acceptors (Lipinski definition) is 2. The molecule has 0 aliphatic carbocycles. The van der Waals surface area contributed by atoms with Crippen LogP contribution in [0.25, 0.3) is 0 Å². The normalized spacial score (nSPS) is 18.8. The maximum atomic E-state index is 13.3. The van der Waals surface area contributed by atoms with E-state index in [0.29, 0.717) is 0 Å². The molecule has 1 aromatic rings. The van der Waals surface area contributed by atoms with E-state index < -0.39 is 0 Å². The van der Waals surface area contributed by atoms with E-state index >= 15 is 0 Å². The average molecular weight is 333 g/mol. The van der Waals surface area contributed by atoms with Gasteiger partial charge in [-0.3, -0.25) is 4.90 Å². The predicted octanol–water partition coefficient (Wildman–Crippen LogP) is 4.37. The second kappa shape index (κ2) is 9.95. The maximum Gasteiger partial charge on any atom is 0.123 e. The molecule has 1 heterocycles. The summed E-state index contributed by atoms with van der Waals surface area (Å²) >= 11 is 0. The van der Waals surface area contributed by atoms with Crippen LogP contribution in [0.15, 0.2) is 35.9 Å². The van der Waals surface area contributed by atoms with Crippen LogP contribution in [-0.4, -0.2) is 49.1 Å². The minimum Gasteiger partial charge on any atom is -0.303 e. The Morgan fingerprint density at radius 3 is 2.92 bits per heavy atom. The highest BCUT2D eigenvalue weighted by molar-refractivity contribution is 5.16. The maximum absolute atomic E-state index is 13.3. The highest BCUT2D eigenvalue weighted by Crippen LogP contribution is 2.18. The van der Waals surface area contributed by atoms with Gasteiger partial charge in [0, 0.05) is 26.2 Å². The molecular formula is C21H33FN2. The fourth-order valence-electron chi connectivity index (χ4n) is 3.49. The van der Waals surface area contributed by atoms with Crippen LogP contribution in [0.2, 0.25) is 0 Å². The molecule has 1 atom stereocenters. The molecule has 1 saturated heterocycles. The summed E-state index contributed by atoms with van der Waals surface area (Å²) in [5, 5.41) is 0. The number of benzene rings is 1. The topological polar surface area (TPSA) is 6.48 Å². The summed E-state index contributed by atoms with van der Waals surface area (Å²) in [5.41, 5.74) is 2.50. The van der Waals surface area contributed by atoms with E-state index in [9.17, 15) is 4.39 Å². The average Bonchev–Trinajstić information content (AvgIpc) is 2.57. The van der Waals surface area contributed by atoms with Crippen LogP contribution in [0.5, 0.6) is 0 Å². The zero-order valence-corrected chi connectivity index (χ0v) is 15.6. The Morgan fingerprint density at radius 1 is 1.38 bits per heavy atom. The van der Waals surface area contributed by atoms with Crippen molar-refractivity contribution in [2.45, 2.75) is 40.0 Å². The van der Waals surface area contributed by atoms with E-state index in [1.807, 2.05) is 12.1 Å². The molecule has 0 N–H and O–H groups in total. The van der Waals surface area contributed by atoms with Crippen molar-refractivity contribution in [3.63, 3.8) is 0 Å². The Labute approximate surface area is 147 Å². The van der Waals surface area contributed by atoms with E-state index in [-0.39, 0.29) is 5.82 Å². The number of piperidine rings is 1. The Bertz CT molecular complexity index is 522. The molecular weight excluding hydrogens is 299 g/mol. The van der Waals surface area contributed by atoms with Crippen LogP contribution < -0.4 is 0 Å². The number of halogens is 1. The van der Waals surface area contributed by atoms with E-state index in [2.05, 4.69) is 36.6 Å². The SMILES string of the molecule is CCN(CC=C(C)C)CC1CCCN(CCc2cccc(F)c2)C1.